The molecule has 1 amide bonds. The maximum absolute atomic E-state index is 13.3. The normalized spacial score (nSPS) is 12.5. The average molecular weight is 495 g/mol. The van der Waals surface area contributed by atoms with Crippen LogP contribution in [-0.4, -0.2) is 33.6 Å². The first-order valence-corrected chi connectivity index (χ1v) is 9.77. The number of pyridine rings is 1. The number of alkyl halides is 6. The van der Waals surface area contributed by atoms with E-state index in [4.69, 9.17) is 5.26 Å². The van der Waals surface area contributed by atoms with Crippen LogP contribution in [0.1, 0.15) is 40.1 Å². The SMILES string of the molecule is CC(NC(=O)c1cc(OCC(F)(F)F)cc(C(F)(F)F)c1)c1nccnc1-c1ccc(C#N)cn1. The molecule has 2 heterocycles. The van der Waals surface area contributed by atoms with E-state index in [0.29, 0.717) is 23.4 Å². The van der Waals surface area contributed by atoms with Crippen molar-refractivity contribution in [2.75, 3.05) is 6.61 Å². The quantitative estimate of drug-likeness (QED) is 0.490. The van der Waals surface area contributed by atoms with Crippen LogP contribution in [0.25, 0.3) is 11.4 Å². The number of nitriles is 1. The zero-order valence-corrected chi connectivity index (χ0v) is 17.8. The highest BCUT2D eigenvalue weighted by atomic mass is 19.4. The summed E-state index contributed by atoms with van der Waals surface area (Å²) in [5.74, 6) is -1.78. The molecule has 0 saturated heterocycles. The number of benzene rings is 1. The molecule has 1 N–H and O–H groups in total. The van der Waals surface area contributed by atoms with Crippen molar-refractivity contribution in [3.63, 3.8) is 0 Å². The summed E-state index contributed by atoms with van der Waals surface area (Å²) in [6.07, 6.45) is -5.71. The summed E-state index contributed by atoms with van der Waals surface area (Å²) in [6.45, 7) is -0.337. The van der Waals surface area contributed by atoms with Crippen LogP contribution < -0.4 is 10.1 Å². The Balaban J connectivity index is 1.89. The molecule has 1 aromatic carbocycles. The van der Waals surface area contributed by atoms with Gasteiger partial charge in [-0.3, -0.25) is 19.7 Å². The van der Waals surface area contributed by atoms with E-state index in [2.05, 4.69) is 25.0 Å². The molecule has 3 rings (SSSR count). The fourth-order valence-electron chi connectivity index (χ4n) is 2.95. The predicted octanol–water partition coefficient (Wildman–Crippen LogP) is 4.86. The van der Waals surface area contributed by atoms with Gasteiger partial charge in [-0.1, -0.05) is 0 Å². The number of aromatic nitrogens is 3. The van der Waals surface area contributed by atoms with Crippen LogP contribution in [0, 0.1) is 11.3 Å². The maximum Gasteiger partial charge on any atom is 0.422 e. The Morgan fingerprint density at radius 2 is 1.80 bits per heavy atom. The lowest BCUT2D eigenvalue weighted by Crippen LogP contribution is -2.28. The van der Waals surface area contributed by atoms with Crippen LogP contribution in [0.15, 0.2) is 48.9 Å². The van der Waals surface area contributed by atoms with Crippen LogP contribution >= 0.6 is 0 Å². The number of nitrogens with one attached hydrogen (secondary N) is 1. The molecule has 0 spiro atoms. The standard InChI is InChI=1S/C22H15F6N5O2/c1-12(18-19(31-5-4-30-18)17-3-2-13(9-29)10-32-17)33-20(34)14-6-15(22(26,27)28)8-16(7-14)35-11-21(23,24)25/h2-8,10,12H,11H2,1H3,(H,33,34). The van der Waals surface area contributed by atoms with E-state index in [-0.39, 0.29) is 11.4 Å². The summed E-state index contributed by atoms with van der Waals surface area (Å²) in [5.41, 5.74) is -0.812. The minimum absolute atomic E-state index is 0.221. The number of halogens is 6. The first-order valence-electron chi connectivity index (χ1n) is 9.77. The first kappa shape index (κ1) is 25.4. The van der Waals surface area contributed by atoms with Gasteiger partial charge < -0.3 is 10.1 Å². The van der Waals surface area contributed by atoms with E-state index in [0.717, 1.165) is 6.07 Å². The molecule has 0 aliphatic rings. The molecule has 7 nitrogen and oxygen atoms in total. The van der Waals surface area contributed by atoms with Gasteiger partial charge in [-0.15, -0.1) is 0 Å². The summed E-state index contributed by atoms with van der Waals surface area (Å²) in [5, 5.41) is 11.4. The van der Waals surface area contributed by atoms with Crippen LogP contribution in [0.5, 0.6) is 5.75 Å². The van der Waals surface area contributed by atoms with Gasteiger partial charge in [-0.05, 0) is 37.3 Å². The lowest BCUT2D eigenvalue weighted by atomic mass is 10.1. The summed E-state index contributed by atoms with van der Waals surface area (Å²) < 4.78 is 81.5. The minimum Gasteiger partial charge on any atom is -0.484 e. The van der Waals surface area contributed by atoms with Gasteiger partial charge in [0.1, 0.15) is 17.5 Å². The van der Waals surface area contributed by atoms with Crippen LogP contribution in [-0.2, 0) is 6.18 Å². The fraction of sp³-hybridized carbons (Fsp3) is 0.227. The second-order valence-electron chi connectivity index (χ2n) is 7.18. The summed E-state index contributed by atoms with van der Waals surface area (Å²) >= 11 is 0. The van der Waals surface area contributed by atoms with Crippen LogP contribution in [0.4, 0.5) is 26.3 Å². The van der Waals surface area contributed by atoms with Crippen molar-refractivity contribution >= 4 is 5.91 Å². The maximum atomic E-state index is 13.3. The molecule has 182 valence electrons. The van der Waals surface area contributed by atoms with E-state index in [9.17, 15) is 31.1 Å². The molecule has 0 aliphatic heterocycles. The number of hydrogen-bond acceptors (Lipinski definition) is 6. The van der Waals surface area contributed by atoms with E-state index >= 15 is 0 Å². The van der Waals surface area contributed by atoms with E-state index < -0.39 is 47.8 Å². The van der Waals surface area contributed by atoms with Gasteiger partial charge in [0.25, 0.3) is 5.91 Å². The van der Waals surface area contributed by atoms with E-state index in [1.54, 1.807) is 0 Å². The Bertz CT molecular complexity index is 1250. The van der Waals surface area contributed by atoms with Crippen molar-refractivity contribution in [2.45, 2.75) is 25.3 Å². The first-order chi connectivity index (χ1) is 16.4. The Labute approximate surface area is 194 Å². The smallest absolute Gasteiger partial charge is 0.422 e. The number of hydrogen-bond donors (Lipinski definition) is 1. The highest BCUT2D eigenvalue weighted by molar-refractivity contribution is 5.95. The third-order valence-corrected chi connectivity index (χ3v) is 4.52. The molecule has 35 heavy (non-hydrogen) atoms. The summed E-state index contributed by atoms with van der Waals surface area (Å²) in [4.78, 5) is 25.2. The molecule has 1 unspecified atom stereocenters. The highest BCUT2D eigenvalue weighted by Gasteiger charge is 2.33. The molecule has 0 bridgehead atoms. The predicted molar refractivity (Wildman–Crippen MR) is 109 cm³/mol. The monoisotopic (exact) mass is 495 g/mol. The van der Waals surface area contributed by atoms with Crippen molar-refractivity contribution in [1.82, 2.24) is 20.3 Å². The zero-order chi connectivity index (χ0) is 25.8. The topological polar surface area (TPSA) is 101 Å². The average Bonchev–Trinajstić information content (AvgIpc) is 2.81. The van der Waals surface area contributed by atoms with Crippen molar-refractivity contribution < 1.29 is 35.9 Å². The number of amides is 1. The Kier molecular flexibility index (Phi) is 7.23. The molecule has 0 fully saturated rings. The van der Waals surface area contributed by atoms with Crippen molar-refractivity contribution in [3.8, 4) is 23.2 Å². The number of carbonyl (C=O) groups excluding carboxylic acids is 1. The van der Waals surface area contributed by atoms with Gasteiger partial charge >= 0.3 is 12.4 Å². The Morgan fingerprint density at radius 3 is 2.40 bits per heavy atom. The molecule has 0 saturated carbocycles. The number of ether oxygens (including phenoxy) is 1. The number of carbonyl (C=O) groups is 1. The van der Waals surface area contributed by atoms with Crippen LogP contribution in [0.3, 0.4) is 0 Å². The molecule has 1 atom stereocenters. The van der Waals surface area contributed by atoms with Gasteiger partial charge in [0.05, 0.1) is 28.6 Å². The minimum atomic E-state index is -4.93. The largest absolute Gasteiger partial charge is 0.484 e. The van der Waals surface area contributed by atoms with Crippen molar-refractivity contribution in [3.05, 3.63) is 71.3 Å². The second-order valence-corrected chi connectivity index (χ2v) is 7.18. The van der Waals surface area contributed by atoms with Gasteiger partial charge in [-0.2, -0.15) is 31.6 Å². The number of nitrogens with zero attached hydrogens (tertiary/aromatic N) is 4. The van der Waals surface area contributed by atoms with E-state index in [1.807, 2.05) is 6.07 Å². The molecule has 2 aromatic heterocycles. The molecule has 13 heteroatoms. The molecule has 3 aromatic rings. The van der Waals surface area contributed by atoms with Gasteiger partial charge in [0.2, 0.25) is 0 Å². The summed E-state index contributed by atoms with van der Waals surface area (Å²) in [7, 11) is 0. The lowest BCUT2D eigenvalue weighted by molar-refractivity contribution is -0.153. The molecular weight excluding hydrogens is 480 g/mol. The molecule has 0 aliphatic carbocycles. The van der Waals surface area contributed by atoms with Gasteiger partial charge in [0.15, 0.2) is 6.61 Å². The van der Waals surface area contributed by atoms with Crippen molar-refractivity contribution in [1.29, 1.82) is 5.26 Å². The van der Waals surface area contributed by atoms with Crippen LogP contribution in [0.2, 0.25) is 0 Å². The fourth-order valence-corrected chi connectivity index (χ4v) is 2.95. The van der Waals surface area contributed by atoms with E-state index in [1.165, 1.54) is 37.6 Å². The molecular formula is C22H15F6N5O2. The molecule has 0 radical (unpaired) electrons. The third-order valence-electron chi connectivity index (χ3n) is 4.52. The van der Waals surface area contributed by atoms with Gasteiger partial charge in [-0.25, -0.2) is 0 Å². The Hall–Kier alpha value is -4.21. The summed E-state index contributed by atoms with van der Waals surface area (Å²) in [6, 6.07) is 5.69. The lowest BCUT2D eigenvalue weighted by Gasteiger charge is -2.18. The Morgan fingerprint density at radius 1 is 1.09 bits per heavy atom. The second kappa shape index (κ2) is 9.96. The van der Waals surface area contributed by atoms with Gasteiger partial charge in [0, 0.05) is 24.2 Å². The highest BCUT2D eigenvalue weighted by Crippen LogP contribution is 2.33. The zero-order valence-electron chi connectivity index (χ0n) is 17.8. The number of rotatable bonds is 6. The third kappa shape index (κ3) is 6.66. The van der Waals surface area contributed by atoms with Crippen molar-refractivity contribution in [2.24, 2.45) is 0 Å².